The number of nitrogens with two attached hydrogens (primary N) is 1. The molecule has 0 aliphatic carbocycles. The summed E-state index contributed by atoms with van der Waals surface area (Å²) in [7, 11) is 0. The van der Waals surface area contributed by atoms with Gasteiger partial charge in [-0.2, -0.15) is 0 Å². The maximum absolute atomic E-state index is 11.3. The van der Waals surface area contributed by atoms with Gasteiger partial charge >= 0.3 is 5.97 Å². The number of nitrogens with zero attached hydrogens (tertiary/aromatic N) is 1. The average molecular weight is 210 g/mol. The fourth-order valence-corrected chi connectivity index (χ4v) is 1.02. The third-order valence-corrected chi connectivity index (χ3v) is 1.66. The highest BCUT2D eigenvalue weighted by atomic mass is 16.5. The van der Waals surface area contributed by atoms with Crippen LogP contribution in [-0.4, -0.2) is 24.2 Å². The maximum Gasteiger partial charge on any atom is 0.357 e. The Bertz CT molecular complexity index is 353. The van der Waals surface area contributed by atoms with Crippen LogP contribution in [0.4, 0.5) is 5.69 Å². The van der Waals surface area contributed by atoms with E-state index in [1.165, 1.54) is 6.07 Å². The highest BCUT2D eigenvalue weighted by molar-refractivity contribution is 5.87. The number of rotatable bonds is 4. The molecule has 1 aromatic heterocycles. The van der Waals surface area contributed by atoms with Crippen LogP contribution in [-0.2, 0) is 4.74 Å². The summed E-state index contributed by atoms with van der Waals surface area (Å²) in [6.45, 7) is 4.31. The van der Waals surface area contributed by atoms with Crippen LogP contribution in [0.1, 0.15) is 24.3 Å². The van der Waals surface area contributed by atoms with Gasteiger partial charge in [0.2, 0.25) is 5.88 Å². The molecule has 5 heteroatoms. The van der Waals surface area contributed by atoms with Crippen molar-refractivity contribution < 1.29 is 14.3 Å². The van der Waals surface area contributed by atoms with Gasteiger partial charge in [0.05, 0.1) is 18.9 Å². The second kappa shape index (κ2) is 5.19. The van der Waals surface area contributed by atoms with Crippen molar-refractivity contribution in [3.8, 4) is 5.88 Å². The molecule has 1 heterocycles. The Kier molecular flexibility index (Phi) is 3.91. The van der Waals surface area contributed by atoms with Crippen molar-refractivity contribution in [3.63, 3.8) is 0 Å². The Hall–Kier alpha value is -1.78. The van der Waals surface area contributed by atoms with Gasteiger partial charge in [-0.3, -0.25) is 0 Å². The molecule has 0 aromatic carbocycles. The van der Waals surface area contributed by atoms with Gasteiger partial charge < -0.3 is 15.2 Å². The molecular weight excluding hydrogens is 196 g/mol. The summed E-state index contributed by atoms with van der Waals surface area (Å²) in [4.78, 5) is 15.3. The van der Waals surface area contributed by atoms with Gasteiger partial charge in [-0.05, 0) is 26.0 Å². The molecule has 5 nitrogen and oxygen atoms in total. The van der Waals surface area contributed by atoms with E-state index in [2.05, 4.69) is 4.98 Å². The van der Waals surface area contributed by atoms with Gasteiger partial charge in [0.15, 0.2) is 5.69 Å². The van der Waals surface area contributed by atoms with Crippen molar-refractivity contribution in [2.75, 3.05) is 18.9 Å². The lowest BCUT2D eigenvalue weighted by Gasteiger charge is -2.07. The van der Waals surface area contributed by atoms with Crippen LogP contribution in [0.15, 0.2) is 12.1 Å². The molecule has 0 fully saturated rings. The highest BCUT2D eigenvalue weighted by Gasteiger charge is 2.11. The molecule has 2 N–H and O–H groups in total. The van der Waals surface area contributed by atoms with Crippen molar-refractivity contribution in [3.05, 3.63) is 17.8 Å². The first kappa shape index (κ1) is 11.3. The summed E-state index contributed by atoms with van der Waals surface area (Å²) in [6, 6.07) is 3.08. The van der Waals surface area contributed by atoms with Crippen LogP contribution in [0.3, 0.4) is 0 Å². The monoisotopic (exact) mass is 210 g/mol. The third kappa shape index (κ3) is 2.83. The number of carbonyl (C=O) groups excluding carboxylic acids is 1. The van der Waals surface area contributed by atoms with E-state index in [0.29, 0.717) is 18.9 Å². The highest BCUT2D eigenvalue weighted by Crippen LogP contribution is 2.18. The van der Waals surface area contributed by atoms with Crippen LogP contribution < -0.4 is 10.5 Å². The minimum atomic E-state index is -0.474. The quantitative estimate of drug-likeness (QED) is 0.757. The minimum absolute atomic E-state index is 0.203. The van der Waals surface area contributed by atoms with E-state index in [4.69, 9.17) is 15.2 Å². The second-order valence-electron chi connectivity index (χ2n) is 2.74. The molecule has 0 spiro atoms. The third-order valence-electron chi connectivity index (χ3n) is 1.66. The van der Waals surface area contributed by atoms with E-state index in [0.717, 1.165) is 0 Å². The Balaban J connectivity index is 2.91. The largest absolute Gasteiger partial charge is 0.476 e. The molecular formula is C10H14N2O3. The maximum atomic E-state index is 11.3. The number of ether oxygens (including phenoxy) is 2. The summed E-state index contributed by atoms with van der Waals surface area (Å²) in [6.07, 6.45) is 0. The van der Waals surface area contributed by atoms with Gasteiger partial charge in [-0.1, -0.05) is 0 Å². The van der Waals surface area contributed by atoms with E-state index in [1.54, 1.807) is 13.0 Å². The molecule has 0 unspecified atom stereocenters. The summed E-state index contributed by atoms with van der Waals surface area (Å²) < 4.78 is 9.96. The van der Waals surface area contributed by atoms with E-state index in [-0.39, 0.29) is 11.6 Å². The number of hydrogen-bond acceptors (Lipinski definition) is 5. The van der Waals surface area contributed by atoms with Crippen LogP contribution in [0.2, 0.25) is 0 Å². The fourth-order valence-electron chi connectivity index (χ4n) is 1.02. The fraction of sp³-hybridized carbons (Fsp3) is 0.400. The van der Waals surface area contributed by atoms with Crippen molar-refractivity contribution >= 4 is 11.7 Å². The van der Waals surface area contributed by atoms with Crippen molar-refractivity contribution in [2.45, 2.75) is 13.8 Å². The summed E-state index contributed by atoms with van der Waals surface area (Å²) in [5, 5.41) is 0. The molecule has 1 rings (SSSR count). The van der Waals surface area contributed by atoms with Gasteiger partial charge in [0.25, 0.3) is 0 Å². The number of pyridine rings is 1. The molecule has 15 heavy (non-hydrogen) atoms. The van der Waals surface area contributed by atoms with Crippen molar-refractivity contribution in [2.24, 2.45) is 0 Å². The number of hydrogen-bond donors (Lipinski definition) is 1. The van der Waals surface area contributed by atoms with Crippen LogP contribution in [0.5, 0.6) is 5.88 Å². The van der Waals surface area contributed by atoms with Crippen molar-refractivity contribution in [1.82, 2.24) is 4.98 Å². The molecule has 0 amide bonds. The minimum Gasteiger partial charge on any atom is -0.476 e. The Morgan fingerprint density at radius 3 is 2.73 bits per heavy atom. The summed E-state index contributed by atoms with van der Waals surface area (Å²) >= 11 is 0. The average Bonchev–Trinajstić information content (AvgIpc) is 2.22. The summed E-state index contributed by atoms with van der Waals surface area (Å²) in [5.74, 6) is -0.207. The smallest absolute Gasteiger partial charge is 0.357 e. The predicted octanol–water partition coefficient (Wildman–Crippen LogP) is 1.24. The van der Waals surface area contributed by atoms with Crippen LogP contribution in [0, 0.1) is 0 Å². The lowest BCUT2D eigenvalue weighted by Crippen LogP contribution is -2.09. The molecule has 0 bridgehead atoms. The zero-order valence-corrected chi connectivity index (χ0v) is 8.82. The van der Waals surface area contributed by atoms with E-state index < -0.39 is 5.97 Å². The number of nitrogen functional groups attached to an aromatic ring is 1. The normalized spacial score (nSPS) is 9.73. The van der Waals surface area contributed by atoms with Gasteiger partial charge in [-0.15, -0.1) is 0 Å². The second-order valence-corrected chi connectivity index (χ2v) is 2.74. The Morgan fingerprint density at radius 1 is 1.40 bits per heavy atom. The lowest BCUT2D eigenvalue weighted by atomic mass is 10.3. The molecule has 0 saturated heterocycles. The standard InChI is InChI=1S/C10H14N2O3/c1-3-14-9-7(11)5-6-8(12-9)10(13)15-4-2/h5-6H,3-4,11H2,1-2H3. The number of esters is 1. The first-order valence-corrected chi connectivity index (χ1v) is 4.75. The van der Waals surface area contributed by atoms with Gasteiger partial charge in [0, 0.05) is 0 Å². The topological polar surface area (TPSA) is 74.4 Å². The van der Waals surface area contributed by atoms with Gasteiger partial charge in [0.1, 0.15) is 0 Å². The zero-order valence-electron chi connectivity index (χ0n) is 8.82. The number of carbonyl (C=O) groups is 1. The first-order chi connectivity index (χ1) is 7.19. The molecule has 82 valence electrons. The van der Waals surface area contributed by atoms with E-state index >= 15 is 0 Å². The van der Waals surface area contributed by atoms with Crippen molar-refractivity contribution in [1.29, 1.82) is 0 Å². The lowest BCUT2D eigenvalue weighted by molar-refractivity contribution is 0.0518. The SMILES string of the molecule is CCOC(=O)c1ccc(N)c(OCC)n1. The Morgan fingerprint density at radius 2 is 2.13 bits per heavy atom. The van der Waals surface area contributed by atoms with E-state index in [9.17, 15) is 4.79 Å². The van der Waals surface area contributed by atoms with Crippen LogP contribution in [0.25, 0.3) is 0 Å². The van der Waals surface area contributed by atoms with E-state index in [1.807, 2.05) is 6.92 Å². The first-order valence-electron chi connectivity index (χ1n) is 4.75. The molecule has 0 aliphatic rings. The zero-order chi connectivity index (χ0) is 11.3. The molecule has 0 aliphatic heterocycles. The molecule has 0 radical (unpaired) electrons. The summed E-state index contributed by atoms with van der Waals surface area (Å²) in [5.41, 5.74) is 6.22. The molecule has 1 aromatic rings. The van der Waals surface area contributed by atoms with Gasteiger partial charge in [-0.25, -0.2) is 9.78 Å². The molecule has 0 saturated carbocycles. The Labute approximate surface area is 88.2 Å². The number of aromatic nitrogens is 1. The number of anilines is 1. The molecule has 0 atom stereocenters. The predicted molar refractivity (Wildman–Crippen MR) is 55.8 cm³/mol. The van der Waals surface area contributed by atoms with Crippen LogP contribution >= 0.6 is 0 Å².